The van der Waals surface area contributed by atoms with Crippen molar-refractivity contribution >= 4 is 38.9 Å². The third-order valence-electron chi connectivity index (χ3n) is 4.18. The zero-order chi connectivity index (χ0) is 18.1. The number of rotatable bonds is 3. The lowest BCUT2D eigenvalue weighted by molar-refractivity contribution is -0.577. The Morgan fingerprint density at radius 2 is 1.35 bits per heavy atom. The minimum absolute atomic E-state index is 0.184. The van der Waals surface area contributed by atoms with Crippen LogP contribution in [0.2, 0.25) is 0 Å². The molecule has 0 radical (unpaired) electrons. The molecule has 5 heteroatoms. The van der Waals surface area contributed by atoms with Crippen molar-refractivity contribution in [3.8, 4) is 0 Å². The molecule has 126 valence electrons. The lowest BCUT2D eigenvalue weighted by Gasteiger charge is -2.18. The van der Waals surface area contributed by atoms with E-state index in [0.29, 0.717) is 16.8 Å². The molecule has 0 saturated heterocycles. The topological polar surface area (TPSA) is 50.1 Å². The minimum atomic E-state index is -0.200. The number of aromatic nitrogens is 1. The number of halogens is 1. The summed E-state index contributed by atoms with van der Waals surface area (Å²) in [6.45, 7) is 0. The molecule has 0 aliphatic heterocycles. The fraction of sp³-hybridized carbons (Fsp3) is 0. The van der Waals surface area contributed by atoms with Gasteiger partial charge in [-0.1, -0.05) is 46.3 Å². The van der Waals surface area contributed by atoms with Crippen LogP contribution in [0.4, 0.5) is 5.69 Å². The molecular formula is C21H14BrN2O2+. The van der Waals surface area contributed by atoms with Crippen molar-refractivity contribution in [3.63, 3.8) is 0 Å². The van der Waals surface area contributed by atoms with E-state index in [-0.39, 0.29) is 17.3 Å². The van der Waals surface area contributed by atoms with Crippen molar-refractivity contribution in [2.45, 2.75) is 0 Å². The number of pyridine rings is 1. The normalized spacial score (nSPS) is 13.6. The molecule has 1 aromatic heterocycles. The summed E-state index contributed by atoms with van der Waals surface area (Å²) < 4.78 is 2.61. The number of anilines is 1. The third-order valence-corrected chi connectivity index (χ3v) is 4.71. The Hall–Kier alpha value is -3.05. The highest BCUT2D eigenvalue weighted by Crippen LogP contribution is 2.27. The molecular weight excluding hydrogens is 392 g/mol. The van der Waals surface area contributed by atoms with E-state index in [1.54, 1.807) is 41.2 Å². The second kappa shape index (κ2) is 6.69. The predicted octanol–water partition coefficient (Wildman–Crippen LogP) is 4.10. The van der Waals surface area contributed by atoms with E-state index in [9.17, 15) is 9.59 Å². The molecule has 0 bridgehead atoms. The van der Waals surface area contributed by atoms with E-state index < -0.39 is 0 Å². The standard InChI is InChI=1S/C21H13BrN2O2/c22-14-8-10-15(11-9-14)23-18-19(24-12-4-1-5-13-24)21(26)17-7-3-2-6-16(17)20(18)25/h1-13H/p+1. The Labute approximate surface area is 158 Å². The van der Waals surface area contributed by atoms with Crippen LogP contribution in [0.3, 0.4) is 0 Å². The van der Waals surface area contributed by atoms with Crippen molar-refractivity contribution in [3.05, 3.63) is 100 Å². The Kier molecular flexibility index (Phi) is 4.22. The molecule has 0 saturated carbocycles. The van der Waals surface area contributed by atoms with Crippen molar-refractivity contribution < 1.29 is 14.2 Å². The zero-order valence-corrected chi connectivity index (χ0v) is 15.2. The Balaban J connectivity index is 1.90. The van der Waals surface area contributed by atoms with Gasteiger partial charge in [-0.05, 0) is 24.3 Å². The van der Waals surface area contributed by atoms with Gasteiger partial charge in [-0.25, -0.2) is 0 Å². The molecule has 0 unspecified atom stereocenters. The molecule has 4 nitrogen and oxygen atoms in total. The monoisotopic (exact) mass is 405 g/mol. The van der Waals surface area contributed by atoms with Gasteiger partial charge in [0.05, 0.1) is 0 Å². The summed E-state index contributed by atoms with van der Waals surface area (Å²) in [7, 11) is 0. The zero-order valence-electron chi connectivity index (χ0n) is 13.6. The van der Waals surface area contributed by atoms with Crippen molar-refractivity contribution in [1.29, 1.82) is 0 Å². The number of nitrogens with one attached hydrogen (secondary N) is 1. The molecule has 0 atom stereocenters. The summed E-state index contributed by atoms with van der Waals surface area (Å²) in [5.74, 6) is -0.384. The van der Waals surface area contributed by atoms with Crippen molar-refractivity contribution in [1.82, 2.24) is 0 Å². The average molecular weight is 406 g/mol. The number of hydrogen-bond acceptors (Lipinski definition) is 3. The van der Waals surface area contributed by atoms with Gasteiger partial charge in [-0.3, -0.25) is 9.59 Å². The highest BCUT2D eigenvalue weighted by atomic mass is 79.9. The first-order valence-corrected chi connectivity index (χ1v) is 8.86. The molecule has 3 aromatic rings. The van der Waals surface area contributed by atoms with Gasteiger partial charge in [0.2, 0.25) is 5.78 Å². The number of carbonyl (C=O) groups is 2. The number of hydrogen-bond donors (Lipinski definition) is 1. The second-order valence-corrected chi connectivity index (χ2v) is 6.76. The summed E-state index contributed by atoms with van der Waals surface area (Å²) in [5, 5.41) is 3.15. The summed E-state index contributed by atoms with van der Waals surface area (Å²) in [5.41, 5.74) is 2.16. The van der Waals surface area contributed by atoms with Crippen LogP contribution in [0.25, 0.3) is 5.70 Å². The summed E-state index contributed by atoms with van der Waals surface area (Å²) >= 11 is 3.40. The summed E-state index contributed by atoms with van der Waals surface area (Å²) in [6.07, 6.45) is 3.52. The quantitative estimate of drug-likeness (QED) is 0.667. The van der Waals surface area contributed by atoms with E-state index in [1.807, 2.05) is 42.5 Å². The SMILES string of the molecule is O=C1C(Nc2ccc(Br)cc2)=C([n+]2ccccc2)C(=O)c2ccccc21. The summed E-state index contributed by atoms with van der Waals surface area (Å²) in [6, 6.07) is 19.9. The molecule has 1 heterocycles. The first-order valence-electron chi connectivity index (χ1n) is 8.07. The van der Waals surface area contributed by atoms with Crippen molar-refractivity contribution in [2.75, 3.05) is 5.32 Å². The van der Waals surface area contributed by atoms with Gasteiger partial charge in [0.15, 0.2) is 18.1 Å². The van der Waals surface area contributed by atoms with Crippen LogP contribution in [0.15, 0.2) is 89.3 Å². The Bertz CT molecular complexity index is 1040. The third kappa shape index (κ3) is 2.86. The molecule has 0 amide bonds. The van der Waals surface area contributed by atoms with Gasteiger partial charge >= 0.3 is 0 Å². The van der Waals surface area contributed by atoms with Crippen LogP contribution in [0, 0.1) is 0 Å². The number of benzene rings is 2. The van der Waals surface area contributed by atoms with E-state index in [4.69, 9.17) is 0 Å². The van der Waals surface area contributed by atoms with Crippen LogP contribution in [0.5, 0.6) is 0 Å². The largest absolute Gasteiger partial charge is 0.347 e. The molecule has 0 spiro atoms. The van der Waals surface area contributed by atoms with Gasteiger partial charge in [0.25, 0.3) is 11.5 Å². The maximum absolute atomic E-state index is 13.1. The summed E-state index contributed by atoms with van der Waals surface area (Å²) in [4.78, 5) is 26.3. The lowest BCUT2D eigenvalue weighted by Crippen LogP contribution is -2.41. The van der Waals surface area contributed by atoms with Crippen LogP contribution >= 0.6 is 15.9 Å². The maximum atomic E-state index is 13.1. The van der Waals surface area contributed by atoms with Gasteiger partial charge in [-0.15, -0.1) is 0 Å². The van der Waals surface area contributed by atoms with Gasteiger partial charge in [0.1, 0.15) is 0 Å². The Morgan fingerprint density at radius 1 is 0.731 bits per heavy atom. The molecule has 2 aromatic carbocycles. The number of carbonyl (C=O) groups excluding carboxylic acids is 2. The molecule has 4 rings (SSSR count). The fourth-order valence-corrected chi connectivity index (χ4v) is 3.21. The van der Waals surface area contributed by atoms with Crippen LogP contribution in [-0.2, 0) is 0 Å². The number of fused-ring (bicyclic) bond motifs is 1. The highest BCUT2D eigenvalue weighted by molar-refractivity contribution is 9.10. The maximum Gasteiger partial charge on any atom is 0.286 e. The predicted molar refractivity (Wildman–Crippen MR) is 103 cm³/mol. The molecule has 0 fully saturated rings. The number of ketones is 2. The van der Waals surface area contributed by atoms with E-state index in [1.165, 1.54) is 0 Å². The number of allylic oxidation sites excluding steroid dienone is 2. The fourth-order valence-electron chi connectivity index (χ4n) is 2.95. The molecule has 1 aliphatic rings. The van der Waals surface area contributed by atoms with Gasteiger partial charge in [-0.2, -0.15) is 4.57 Å². The first-order chi connectivity index (χ1) is 12.6. The van der Waals surface area contributed by atoms with E-state index >= 15 is 0 Å². The smallest absolute Gasteiger partial charge is 0.286 e. The average Bonchev–Trinajstić information content (AvgIpc) is 2.68. The van der Waals surface area contributed by atoms with Crippen LogP contribution < -0.4 is 9.88 Å². The molecule has 26 heavy (non-hydrogen) atoms. The minimum Gasteiger partial charge on any atom is -0.347 e. The lowest BCUT2D eigenvalue weighted by atomic mass is 9.90. The Morgan fingerprint density at radius 3 is 2.00 bits per heavy atom. The van der Waals surface area contributed by atoms with Crippen LogP contribution in [0.1, 0.15) is 20.7 Å². The van der Waals surface area contributed by atoms with E-state index in [2.05, 4.69) is 21.2 Å². The van der Waals surface area contributed by atoms with Gasteiger partial charge < -0.3 is 5.32 Å². The number of Topliss-reactive ketones (excluding diaryl/α,β-unsaturated/α-hetero) is 2. The first kappa shape index (κ1) is 16.4. The molecule has 1 N–H and O–H groups in total. The number of nitrogens with zero attached hydrogens (tertiary/aromatic N) is 1. The molecule has 1 aliphatic carbocycles. The van der Waals surface area contributed by atoms with Crippen LogP contribution in [-0.4, -0.2) is 11.6 Å². The highest BCUT2D eigenvalue weighted by Gasteiger charge is 2.38. The second-order valence-electron chi connectivity index (χ2n) is 5.84. The van der Waals surface area contributed by atoms with Crippen molar-refractivity contribution in [2.24, 2.45) is 0 Å². The van der Waals surface area contributed by atoms with E-state index in [0.717, 1.165) is 10.2 Å². The van der Waals surface area contributed by atoms with Gasteiger partial charge in [0, 0.05) is 33.4 Å².